The monoisotopic (exact) mass is 496 g/mol. The van der Waals surface area contributed by atoms with Crippen molar-refractivity contribution in [3.8, 4) is 11.5 Å². The number of hydrogen-bond acceptors (Lipinski definition) is 3. The van der Waals surface area contributed by atoms with E-state index < -0.39 is 0 Å². The first-order chi connectivity index (χ1) is 18.1. The van der Waals surface area contributed by atoms with Gasteiger partial charge in [0.05, 0.1) is 12.2 Å². The molecule has 0 N–H and O–H groups in total. The van der Waals surface area contributed by atoms with Crippen molar-refractivity contribution in [1.29, 1.82) is 0 Å². The molecular formula is C34H40O3. The predicted molar refractivity (Wildman–Crippen MR) is 149 cm³/mol. The van der Waals surface area contributed by atoms with Gasteiger partial charge in [0.2, 0.25) is 0 Å². The van der Waals surface area contributed by atoms with Crippen molar-refractivity contribution in [2.75, 3.05) is 6.61 Å². The van der Waals surface area contributed by atoms with Crippen LogP contribution in [0.3, 0.4) is 0 Å². The third-order valence-corrected chi connectivity index (χ3v) is 9.25. The summed E-state index contributed by atoms with van der Waals surface area (Å²) in [6.45, 7) is 3.05. The Balaban J connectivity index is 1.30. The number of carbonyl (C=O) groups excluding carboxylic acids is 1. The van der Waals surface area contributed by atoms with Crippen molar-refractivity contribution < 1.29 is 14.3 Å². The zero-order valence-corrected chi connectivity index (χ0v) is 22.2. The first kappa shape index (κ1) is 24.5. The second kappa shape index (κ2) is 10.5. The molecule has 3 nitrogen and oxygen atoms in total. The quantitative estimate of drug-likeness (QED) is 0.160. The summed E-state index contributed by atoms with van der Waals surface area (Å²) < 4.78 is 12.4. The van der Waals surface area contributed by atoms with Gasteiger partial charge in [0.25, 0.3) is 0 Å². The summed E-state index contributed by atoms with van der Waals surface area (Å²) in [5.74, 6) is 4.01. The lowest BCUT2D eigenvalue weighted by Gasteiger charge is -2.57. The van der Waals surface area contributed by atoms with Crippen LogP contribution >= 0.6 is 0 Å². The van der Waals surface area contributed by atoms with Crippen LogP contribution in [0.4, 0.5) is 0 Å². The third-order valence-electron chi connectivity index (χ3n) is 9.25. The Morgan fingerprint density at radius 3 is 2.22 bits per heavy atom. The molecule has 0 amide bonds. The van der Waals surface area contributed by atoms with Gasteiger partial charge in [0, 0.05) is 5.56 Å². The Morgan fingerprint density at radius 2 is 1.51 bits per heavy atom. The van der Waals surface area contributed by atoms with Gasteiger partial charge in [0.15, 0.2) is 0 Å². The van der Waals surface area contributed by atoms with Gasteiger partial charge in [-0.3, -0.25) is 0 Å². The second-order valence-electron chi connectivity index (χ2n) is 12.1. The summed E-state index contributed by atoms with van der Waals surface area (Å²) >= 11 is 0. The average molecular weight is 497 g/mol. The highest BCUT2D eigenvalue weighted by molar-refractivity contribution is 5.92. The van der Waals surface area contributed by atoms with Gasteiger partial charge in [0.1, 0.15) is 11.5 Å². The maximum Gasteiger partial charge on any atom is 0.343 e. The van der Waals surface area contributed by atoms with E-state index in [1.54, 1.807) is 12.1 Å². The standard InChI is InChI=1S/C34H40O3/c1-2-3-4-5-9-14-36-32-20-28-12-13-30(37-33(35)27-10-7-6-8-11-27)18-29(28)19-31(32)34-21-24-15-25(22-34)17-26(16-24)23-34/h6-8,10-13,18-20,24-26H,2-5,9,14-17,21-23H2,1H3. The fourth-order valence-electron chi connectivity index (χ4n) is 7.92. The highest BCUT2D eigenvalue weighted by atomic mass is 16.5. The molecule has 3 aromatic carbocycles. The molecule has 0 heterocycles. The second-order valence-corrected chi connectivity index (χ2v) is 12.1. The lowest BCUT2D eigenvalue weighted by molar-refractivity contribution is -0.00633. The fourth-order valence-corrected chi connectivity index (χ4v) is 7.92. The van der Waals surface area contributed by atoms with Gasteiger partial charge >= 0.3 is 5.97 Å². The average Bonchev–Trinajstić information content (AvgIpc) is 2.90. The number of esters is 1. The smallest absolute Gasteiger partial charge is 0.343 e. The van der Waals surface area contributed by atoms with Gasteiger partial charge in [-0.1, -0.05) is 56.9 Å². The van der Waals surface area contributed by atoms with Crippen LogP contribution in [0.25, 0.3) is 10.8 Å². The minimum absolute atomic E-state index is 0.247. The molecule has 4 aliphatic rings. The minimum Gasteiger partial charge on any atom is -0.493 e. The minimum atomic E-state index is -0.315. The van der Waals surface area contributed by atoms with E-state index in [4.69, 9.17) is 9.47 Å². The van der Waals surface area contributed by atoms with E-state index >= 15 is 0 Å². The van der Waals surface area contributed by atoms with Crippen LogP contribution in [0.1, 0.15) is 93.5 Å². The van der Waals surface area contributed by atoms with Crippen molar-refractivity contribution in [3.63, 3.8) is 0 Å². The molecule has 3 heteroatoms. The van der Waals surface area contributed by atoms with Gasteiger partial charge in [-0.25, -0.2) is 4.79 Å². The number of rotatable bonds is 10. The van der Waals surface area contributed by atoms with Gasteiger partial charge < -0.3 is 9.47 Å². The van der Waals surface area contributed by atoms with Crippen LogP contribution in [0, 0.1) is 17.8 Å². The first-order valence-corrected chi connectivity index (χ1v) is 14.6. The summed E-state index contributed by atoms with van der Waals surface area (Å²) in [5.41, 5.74) is 2.23. The van der Waals surface area contributed by atoms with Crippen LogP contribution in [0.15, 0.2) is 60.7 Å². The van der Waals surface area contributed by atoms with Gasteiger partial charge in [-0.05, 0) is 115 Å². The Labute approximate surface area is 221 Å². The van der Waals surface area contributed by atoms with E-state index in [2.05, 4.69) is 25.1 Å². The number of unbranched alkanes of at least 4 members (excludes halogenated alkanes) is 4. The zero-order valence-electron chi connectivity index (χ0n) is 22.2. The SMILES string of the molecule is CCCCCCCOc1cc2ccc(OC(=O)c3ccccc3)cc2cc1C12CC3CC(CC(C3)C1)C2. The summed E-state index contributed by atoms with van der Waals surface area (Å²) in [4.78, 5) is 12.7. The molecule has 4 bridgehead atoms. The summed E-state index contributed by atoms with van der Waals surface area (Å²) in [5, 5.41) is 2.29. The zero-order chi connectivity index (χ0) is 25.2. The molecule has 194 valence electrons. The molecule has 0 aliphatic heterocycles. The number of hydrogen-bond donors (Lipinski definition) is 0. The predicted octanol–water partition coefficient (Wildman–Crippen LogP) is 8.88. The summed E-state index contributed by atoms with van der Waals surface area (Å²) in [6.07, 6.45) is 14.4. The van der Waals surface area contributed by atoms with E-state index in [0.29, 0.717) is 11.3 Å². The molecule has 0 spiro atoms. The normalized spacial score (nSPS) is 25.9. The van der Waals surface area contributed by atoms with Crippen molar-refractivity contribution in [2.24, 2.45) is 17.8 Å². The molecule has 4 saturated carbocycles. The lowest BCUT2D eigenvalue weighted by atomic mass is 9.48. The van der Waals surface area contributed by atoms with Crippen LogP contribution in [0.2, 0.25) is 0 Å². The first-order valence-electron chi connectivity index (χ1n) is 14.6. The van der Waals surface area contributed by atoms with E-state index in [9.17, 15) is 4.79 Å². The molecule has 0 radical (unpaired) electrons. The lowest BCUT2D eigenvalue weighted by Crippen LogP contribution is -2.48. The van der Waals surface area contributed by atoms with E-state index in [-0.39, 0.29) is 11.4 Å². The summed E-state index contributed by atoms with van der Waals surface area (Å²) in [7, 11) is 0. The Bertz CT molecular complexity index is 1210. The Hall–Kier alpha value is -2.81. The van der Waals surface area contributed by atoms with Crippen LogP contribution in [-0.2, 0) is 5.41 Å². The van der Waals surface area contributed by atoms with Crippen LogP contribution < -0.4 is 9.47 Å². The van der Waals surface area contributed by atoms with E-state index in [0.717, 1.165) is 47.3 Å². The van der Waals surface area contributed by atoms with Crippen LogP contribution in [-0.4, -0.2) is 12.6 Å². The fraction of sp³-hybridized carbons (Fsp3) is 0.500. The summed E-state index contributed by atoms with van der Waals surface area (Å²) in [6, 6.07) is 19.9. The Kier molecular flexibility index (Phi) is 6.97. The molecule has 37 heavy (non-hydrogen) atoms. The van der Waals surface area contributed by atoms with E-state index in [1.807, 2.05) is 30.3 Å². The molecular weight excluding hydrogens is 456 g/mol. The van der Waals surface area contributed by atoms with E-state index in [1.165, 1.54) is 69.8 Å². The maximum atomic E-state index is 12.7. The molecule has 4 fully saturated rings. The molecule has 4 aliphatic carbocycles. The van der Waals surface area contributed by atoms with Gasteiger partial charge in [-0.15, -0.1) is 0 Å². The molecule has 0 saturated heterocycles. The number of carbonyl (C=O) groups is 1. The molecule has 7 rings (SSSR count). The van der Waals surface area contributed by atoms with Gasteiger partial charge in [-0.2, -0.15) is 0 Å². The van der Waals surface area contributed by atoms with Crippen molar-refractivity contribution >= 4 is 16.7 Å². The molecule has 0 aromatic heterocycles. The topological polar surface area (TPSA) is 35.5 Å². The number of fused-ring (bicyclic) bond motifs is 1. The largest absolute Gasteiger partial charge is 0.493 e. The highest BCUT2D eigenvalue weighted by Gasteiger charge is 2.52. The van der Waals surface area contributed by atoms with Crippen molar-refractivity contribution in [2.45, 2.75) is 83.0 Å². The van der Waals surface area contributed by atoms with Crippen molar-refractivity contribution in [3.05, 3.63) is 71.8 Å². The maximum absolute atomic E-state index is 12.7. The third kappa shape index (κ3) is 5.15. The molecule has 3 aromatic rings. The Morgan fingerprint density at radius 1 is 0.811 bits per heavy atom. The van der Waals surface area contributed by atoms with Crippen LogP contribution in [0.5, 0.6) is 11.5 Å². The highest BCUT2D eigenvalue weighted by Crippen LogP contribution is 2.62. The van der Waals surface area contributed by atoms with Crippen molar-refractivity contribution in [1.82, 2.24) is 0 Å². The molecule has 0 atom stereocenters. The number of ether oxygens (including phenoxy) is 2. The molecule has 0 unspecified atom stereocenters. The number of benzene rings is 3.